The molecule has 1 aliphatic rings. The third-order valence-corrected chi connectivity index (χ3v) is 5.35. The zero-order chi connectivity index (χ0) is 22.2. The van der Waals surface area contributed by atoms with E-state index in [2.05, 4.69) is 36.8 Å². The van der Waals surface area contributed by atoms with Crippen LogP contribution in [-0.4, -0.2) is 84.7 Å². The van der Waals surface area contributed by atoms with Gasteiger partial charge >= 0.3 is 11.9 Å². The Morgan fingerprint density at radius 1 is 1.10 bits per heavy atom. The molecule has 1 fully saturated rings. The number of carbonyl (C=O) groups is 2. The summed E-state index contributed by atoms with van der Waals surface area (Å²) in [4.78, 5) is 37.7. The van der Waals surface area contributed by atoms with Crippen LogP contribution in [0, 0.1) is 0 Å². The third-order valence-electron chi connectivity index (χ3n) is 4.72. The van der Waals surface area contributed by atoms with Gasteiger partial charge in [-0.05, 0) is 19.2 Å². The fourth-order valence-corrected chi connectivity index (χ4v) is 3.67. The molecule has 0 amide bonds. The highest BCUT2D eigenvalue weighted by atomic mass is 32.1. The highest BCUT2D eigenvalue weighted by molar-refractivity contribution is 7.07. The first-order chi connectivity index (χ1) is 14.9. The number of aromatic nitrogens is 4. The van der Waals surface area contributed by atoms with Crippen molar-refractivity contribution in [2.45, 2.75) is 13.1 Å². The van der Waals surface area contributed by atoms with E-state index in [4.69, 9.17) is 15.2 Å². The molecule has 0 atom stereocenters. The van der Waals surface area contributed by atoms with E-state index in [-0.39, 0.29) is 0 Å². The van der Waals surface area contributed by atoms with Gasteiger partial charge in [0, 0.05) is 49.9 Å². The number of carboxylic acids is 2. The molecule has 0 aromatic carbocycles. The number of aliphatic carboxylic acids is 2. The van der Waals surface area contributed by atoms with Gasteiger partial charge in [-0.2, -0.15) is 0 Å². The van der Waals surface area contributed by atoms with E-state index < -0.39 is 11.9 Å². The second kappa shape index (κ2) is 10.8. The number of imidazole rings is 1. The molecule has 2 N–H and O–H groups in total. The van der Waals surface area contributed by atoms with Crippen molar-refractivity contribution >= 4 is 34.4 Å². The SMILES string of the molecule is CN1CCN(Cc2nc3cccnc3n2Cc2cscn2)CC1.O=C(O)C=CC(=O)O. The van der Waals surface area contributed by atoms with E-state index in [1.165, 1.54) is 0 Å². The summed E-state index contributed by atoms with van der Waals surface area (Å²) in [7, 11) is 2.18. The quantitative estimate of drug-likeness (QED) is 0.543. The molecule has 0 unspecified atom stereocenters. The first kappa shape index (κ1) is 22.5. The fourth-order valence-electron chi connectivity index (χ4n) is 3.12. The maximum atomic E-state index is 9.55. The van der Waals surface area contributed by atoms with Crippen molar-refractivity contribution in [2.75, 3.05) is 33.2 Å². The van der Waals surface area contributed by atoms with Crippen LogP contribution in [0.3, 0.4) is 0 Å². The molecule has 1 saturated heterocycles. The van der Waals surface area contributed by atoms with Gasteiger partial charge in [0.15, 0.2) is 5.65 Å². The van der Waals surface area contributed by atoms with Gasteiger partial charge < -0.3 is 19.7 Å². The van der Waals surface area contributed by atoms with Crippen molar-refractivity contribution in [3.8, 4) is 0 Å². The number of fused-ring (bicyclic) bond motifs is 1. The number of pyridine rings is 1. The lowest BCUT2D eigenvalue weighted by molar-refractivity contribution is -0.134. The summed E-state index contributed by atoms with van der Waals surface area (Å²) in [5.41, 5.74) is 4.86. The standard InChI is InChI=1S/C16H20N6S.C4H4O4/c1-20-5-7-21(8-6-20)10-15-19-14-3-2-4-17-16(14)22(15)9-13-11-23-12-18-13;5-3(6)1-2-4(7)8/h2-4,11-12H,5-10H2,1H3;1-2H,(H,5,6)(H,7,8). The number of hydrogen-bond donors (Lipinski definition) is 2. The molecule has 0 spiro atoms. The predicted octanol–water partition coefficient (Wildman–Crippen LogP) is 1.40. The molecule has 31 heavy (non-hydrogen) atoms. The topological polar surface area (TPSA) is 125 Å². The minimum Gasteiger partial charge on any atom is -0.478 e. The Labute approximate surface area is 183 Å². The molecule has 0 bridgehead atoms. The Balaban J connectivity index is 0.000000293. The largest absolute Gasteiger partial charge is 0.478 e. The fraction of sp³-hybridized carbons (Fsp3) is 0.350. The summed E-state index contributed by atoms with van der Waals surface area (Å²) in [5.74, 6) is -1.43. The smallest absolute Gasteiger partial charge is 0.328 e. The van der Waals surface area contributed by atoms with E-state index >= 15 is 0 Å². The maximum Gasteiger partial charge on any atom is 0.328 e. The second-order valence-corrected chi connectivity index (χ2v) is 7.75. The third kappa shape index (κ3) is 6.67. The van der Waals surface area contributed by atoms with Crippen LogP contribution in [0.1, 0.15) is 11.5 Å². The van der Waals surface area contributed by atoms with Gasteiger partial charge in [-0.15, -0.1) is 11.3 Å². The lowest BCUT2D eigenvalue weighted by atomic mass is 10.3. The van der Waals surface area contributed by atoms with Crippen molar-refractivity contribution in [3.63, 3.8) is 0 Å². The molecular formula is C20H24N6O4S. The minimum atomic E-state index is -1.26. The van der Waals surface area contributed by atoms with Gasteiger partial charge in [-0.25, -0.2) is 24.5 Å². The molecule has 164 valence electrons. The van der Waals surface area contributed by atoms with Crippen LogP contribution in [0.2, 0.25) is 0 Å². The molecule has 0 aliphatic carbocycles. The summed E-state index contributed by atoms with van der Waals surface area (Å²) in [6.07, 6.45) is 2.95. The van der Waals surface area contributed by atoms with Crippen molar-refractivity contribution in [3.05, 3.63) is 52.9 Å². The molecule has 0 saturated carbocycles. The average molecular weight is 445 g/mol. The van der Waals surface area contributed by atoms with E-state index in [1.54, 1.807) is 11.3 Å². The number of rotatable bonds is 6. The summed E-state index contributed by atoms with van der Waals surface area (Å²) >= 11 is 1.63. The number of piperazine rings is 1. The molecule has 1 aliphatic heterocycles. The highest BCUT2D eigenvalue weighted by Crippen LogP contribution is 2.18. The van der Waals surface area contributed by atoms with Crippen LogP contribution in [0.5, 0.6) is 0 Å². The second-order valence-electron chi connectivity index (χ2n) is 7.03. The van der Waals surface area contributed by atoms with E-state index in [9.17, 15) is 9.59 Å². The van der Waals surface area contributed by atoms with Crippen LogP contribution < -0.4 is 0 Å². The zero-order valence-electron chi connectivity index (χ0n) is 17.1. The Bertz CT molecular complexity index is 1030. The molecule has 4 heterocycles. The van der Waals surface area contributed by atoms with Crippen molar-refractivity contribution in [1.29, 1.82) is 0 Å². The summed E-state index contributed by atoms with van der Waals surface area (Å²) in [6, 6.07) is 3.98. The van der Waals surface area contributed by atoms with Gasteiger partial charge in [-0.1, -0.05) is 0 Å². The van der Waals surface area contributed by atoms with E-state index in [1.807, 2.05) is 23.8 Å². The molecule has 3 aromatic heterocycles. The van der Waals surface area contributed by atoms with Gasteiger partial charge in [0.1, 0.15) is 11.3 Å². The van der Waals surface area contributed by atoms with Crippen LogP contribution in [0.25, 0.3) is 11.2 Å². The number of thiazole rings is 1. The Morgan fingerprint density at radius 3 is 2.42 bits per heavy atom. The van der Waals surface area contributed by atoms with Crippen LogP contribution in [0.4, 0.5) is 0 Å². The molecule has 3 aromatic rings. The van der Waals surface area contributed by atoms with Gasteiger partial charge in [0.05, 0.1) is 24.3 Å². The van der Waals surface area contributed by atoms with Gasteiger partial charge in [0.25, 0.3) is 0 Å². The lowest BCUT2D eigenvalue weighted by Crippen LogP contribution is -2.44. The predicted molar refractivity (Wildman–Crippen MR) is 116 cm³/mol. The van der Waals surface area contributed by atoms with Gasteiger partial charge in [0.2, 0.25) is 0 Å². The summed E-state index contributed by atoms with van der Waals surface area (Å²) in [6.45, 7) is 6.01. The van der Waals surface area contributed by atoms with E-state index in [0.29, 0.717) is 12.2 Å². The number of likely N-dealkylation sites (N-methyl/N-ethyl adjacent to an activating group) is 1. The molecular weight excluding hydrogens is 420 g/mol. The molecule has 11 heteroatoms. The van der Waals surface area contributed by atoms with Gasteiger partial charge in [-0.3, -0.25) is 4.90 Å². The first-order valence-electron chi connectivity index (χ1n) is 9.64. The average Bonchev–Trinajstić information content (AvgIpc) is 3.37. The number of nitrogens with zero attached hydrogens (tertiary/aromatic N) is 6. The monoisotopic (exact) mass is 444 g/mol. The van der Waals surface area contributed by atoms with Crippen molar-refractivity contribution in [2.24, 2.45) is 0 Å². The van der Waals surface area contributed by atoms with Crippen LogP contribution in [0.15, 0.2) is 41.4 Å². The Kier molecular flexibility index (Phi) is 7.82. The summed E-state index contributed by atoms with van der Waals surface area (Å²) < 4.78 is 2.21. The van der Waals surface area contributed by atoms with Crippen LogP contribution in [-0.2, 0) is 22.7 Å². The maximum absolute atomic E-state index is 9.55. The lowest BCUT2D eigenvalue weighted by Gasteiger charge is -2.32. The Morgan fingerprint density at radius 2 is 1.81 bits per heavy atom. The zero-order valence-corrected chi connectivity index (χ0v) is 17.9. The highest BCUT2D eigenvalue weighted by Gasteiger charge is 2.19. The van der Waals surface area contributed by atoms with E-state index in [0.717, 1.165) is 62.0 Å². The van der Waals surface area contributed by atoms with Crippen molar-refractivity contribution in [1.82, 2.24) is 29.3 Å². The van der Waals surface area contributed by atoms with Crippen molar-refractivity contribution < 1.29 is 19.8 Å². The molecule has 4 rings (SSSR count). The molecule has 0 radical (unpaired) electrons. The number of carboxylic acid groups (broad SMARTS) is 2. The normalized spacial score (nSPS) is 15.1. The first-order valence-corrected chi connectivity index (χ1v) is 10.6. The molecule has 10 nitrogen and oxygen atoms in total. The van der Waals surface area contributed by atoms with Crippen LogP contribution >= 0.6 is 11.3 Å². The summed E-state index contributed by atoms with van der Waals surface area (Å²) in [5, 5.41) is 17.7. The minimum absolute atomic E-state index is 0.558. The Hall–Kier alpha value is -3.15. The number of hydrogen-bond acceptors (Lipinski definition) is 8.